The first-order chi connectivity index (χ1) is 7.91. The second kappa shape index (κ2) is 4.31. The summed E-state index contributed by atoms with van der Waals surface area (Å²) in [6.45, 7) is 10.3. The van der Waals surface area contributed by atoms with Crippen LogP contribution in [0.2, 0.25) is 0 Å². The quantitative estimate of drug-likeness (QED) is 0.875. The van der Waals surface area contributed by atoms with Gasteiger partial charge in [0.15, 0.2) is 0 Å². The van der Waals surface area contributed by atoms with Crippen molar-refractivity contribution < 1.29 is 4.42 Å². The van der Waals surface area contributed by atoms with Crippen LogP contribution in [-0.4, -0.2) is 0 Å². The van der Waals surface area contributed by atoms with E-state index in [2.05, 4.69) is 26.8 Å². The van der Waals surface area contributed by atoms with Gasteiger partial charge in [-0.15, -0.1) is 11.3 Å². The zero-order valence-corrected chi connectivity index (χ0v) is 11.9. The molecule has 0 bridgehead atoms. The standard InChI is InChI=1S/C14H19NOS/c1-7-6-12(11(5)17-7)14(15)13-8(2)9(3)16-10(13)4/h6,14H,15H2,1-5H3. The van der Waals surface area contributed by atoms with Crippen molar-refractivity contribution in [1.82, 2.24) is 0 Å². The Balaban J connectivity index is 2.50. The Labute approximate surface area is 106 Å². The predicted molar refractivity (Wildman–Crippen MR) is 72.7 cm³/mol. The molecule has 2 aromatic heterocycles. The number of aryl methyl sites for hydroxylation is 4. The maximum atomic E-state index is 6.39. The lowest BCUT2D eigenvalue weighted by Crippen LogP contribution is -2.13. The highest BCUT2D eigenvalue weighted by molar-refractivity contribution is 7.12. The molecule has 2 heterocycles. The normalized spacial score (nSPS) is 13.1. The van der Waals surface area contributed by atoms with E-state index in [1.54, 1.807) is 11.3 Å². The van der Waals surface area contributed by atoms with E-state index >= 15 is 0 Å². The van der Waals surface area contributed by atoms with E-state index in [0.717, 1.165) is 17.1 Å². The van der Waals surface area contributed by atoms with E-state index in [0.29, 0.717) is 0 Å². The lowest BCUT2D eigenvalue weighted by molar-refractivity contribution is 0.498. The summed E-state index contributed by atoms with van der Waals surface area (Å²) in [5, 5.41) is 0. The van der Waals surface area contributed by atoms with Gasteiger partial charge >= 0.3 is 0 Å². The fourth-order valence-electron chi connectivity index (χ4n) is 2.38. The Bertz CT molecular complexity index is 551. The molecular weight excluding hydrogens is 230 g/mol. The minimum atomic E-state index is -0.0719. The Morgan fingerprint density at radius 1 is 1.12 bits per heavy atom. The van der Waals surface area contributed by atoms with Crippen LogP contribution in [0.15, 0.2) is 10.5 Å². The summed E-state index contributed by atoms with van der Waals surface area (Å²) >= 11 is 1.80. The molecule has 0 radical (unpaired) electrons. The van der Waals surface area contributed by atoms with Crippen molar-refractivity contribution in [2.24, 2.45) is 5.73 Å². The molecule has 0 saturated heterocycles. The molecule has 0 aromatic carbocycles. The van der Waals surface area contributed by atoms with Gasteiger partial charge in [-0.3, -0.25) is 0 Å². The monoisotopic (exact) mass is 249 g/mol. The third kappa shape index (κ3) is 2.05. The predicted octanol–water partition coefficient (Wildman–Crippen LogP) is 3.93. The first-order valence-corrected chi connectivity index (χ1v) is 6.62. The minimum Gasteiger partial charge on any atom is -0.466 e. The molecule has 2 nitrogen and oxygen atoms in total. The second-order valence-electron chi connectivity index (χ2n) is 4.60. The Morgan fingerprint density at radius 3 is 2.18 bits per heavy atom. The summed E-state index contributed by atoms with van der Waals surface area (Å²) in [5.41, 5.74) is 9.93. The van der Waals surface area contributed by atoms with Crippen molar-refractivity contribution in [3.05, 3.63) is 44.0 Å². The van der Waals surface area contributed by atoms with Crippen molar-refractivity contribution >= 4 is 11.3 Å². The van der Waals surface area contributed by atoms with Crippen LogP contribution in [0.4, 0.5) is 0 Å². The topological polar surface area (TPSA) is 39.2 Å². The van der Waals surface area contributed by atoms with Gasteiger partial charge in [0.05, 0.1) is 6.04 Å². The fourth-order valence-corrected chi connectivity index (χ4v) is 3.35. The van der Waals surface area contributed by atoms with Crippen molar-refractivity contribution in [3.63, 3.8) is 0 Å². The molecule has 3 heteroatoms. The summed E-state index contributed by atoms with van der Waals surface area (Å²) in [6.07, 6.45) is 0. The molecule has 0 aliphatic heterocycles. The molecule has 92 valence electrons. The molecule has 0 aliphatic carbocycles. The van der Waals surface area contributed by atoms with Crippen LogP contribution >= 0.6 is 11.3 Å². The van der Waals surface area contributed by atoms with Crippen LogP contribution in [0.5, 0.6) is 0 Å². The number of hydrogen-bond acceptors (Lipinski definition) is 3. The van der Waals surface area contributed by atoms with Gasteiger partial charge in [-0.1, -0.05) is 0 Å². The summed E-state index contributed by atoms with van der Waals surface area (Å²) in [4.78, 5) is 2.61. The van der Waals surface area contributed by atoms with Gasteiger partial charge in [0.25, 0.3) is 0 Å². The van der Waals surface area contributed by atoms with E-state index in [1.807, 2.05) is 13.8 Å². The van der Waals surface area contributed by atoms with Crippen LogP contribution in [0.3, 0.4) is 0 Å². The first-order valence-electron chi connectivity index (χ1n) is 5.80. The fraction of sp³-hybridized carbons (Fsp3) is 0.429. The van der Waals surface area contributed by atoms with Crippen LogP contribution in [0, 0.1) is 34.6 Å². The summed E-state index contributed by atoms with van der Waals surface area (Å²) < 4.78 is 5.66. The number of thiophene rings is 1. The molecule has 0 saturated carbocycles. The van der Waals surface area contributed by atoms with Crippen LogP contribution in [0.25, 0.3) is 0 Å². The van der Waals surface area contributed by atoms with E-state index in [9.17, 15) is 0 Å². The van der Waals surface area contributed by atoms with Gasteiger partial charge in [0.1, 0.15) is 11.5 Å². The van der Waals surface area contributed by atoms with Crippen molar-refractivity contribution in [2.75, 3.05) is 0 Å². The molecule has 2 aromatic rings. The van der Waals surface area contributed by atoms with Crippen molar-refractivity contribution in [1.29, 1.82) is 0 Å². The van der Waals surface area contributed by atoms with Crippen LogP contribution in [0.1, 0.15) is 44.0 Å². The van der Waals surface area contributed by atoms with Gasteiger partial charge in [0, 0.05) is 15.3 Å². The molecule has 1 unspecified atom stereocenters. The molecular formula is C14H19NOS. The Hall–Kier alpha value is -1.06. The second-order valence-corrected chi connectivity index (χ2v) is 6.06. The lowest BCUT2D eigenvalue weighted by atomic mass is 9.96. The average molecular weight is 249 g/mol. The highest BCUT2D eigenvalue weighted by Crippen LogP contribution is 2.34. The van der Waals surface area contributed by atoms with Gasteiger partial charge < -0.3 is 10.2 Å². The van der Waals surface area contributed by atoms with Gasteiger partial charge in [-0.2, -0.15) is 0 Å². The molecule has 0 aliphatic rings. The van der Waals surface area contributed by atoms with Crippen molar-refractivity contribution in [2.45, 2.75) is 40.7 Å². The average Bonchev–Trinajstić information content (AvgIpc) is 2.68. The van der Waals surface area contributed by atoms with E-state index in [-0.39, 0.29) is 6.04 Å². The molecule has 0 spiro atoms. The maximum absolute atomic E-state index is 6.39. The Morgan fingerprint density at radius 2 is 1.76 bits per heavy atom. The van der Waals surface area contributed by atoms with E-state index in [1.165, 1.54) is 20.9 Å². The van der Waals surface area contributed by atoms with E-state index < -0.39 is 0 Å². The largest absolute Gasteiger partial charge is 0.466 e. The number of rotatable bonds is 2. The Kier molecular flexibility index (Phi) is 3.15. The molecule has 2 N–H and O–H groups in total. The van der Waals surface area contributed by atoms with Crippen molar-refractivity contribution in [3.8, 4) is 0 Å². The minimum absolute atomic E-state index is 0.0719. The molecule has 0 fully saturated rings. The first kappa shape index (κ1) is 12.4. The van der Waals surface area contributed by atoms with Crippen LogP contribution in [-0.2, 0) is 0 Å². The van der Waals surface area contributed by atoms with Crippen LogP contribution < -0.4 is 5.73 Å². The number of nitrogens with two attached hydrogens (primary N) is 1. The molecule has 17 heavy (non-hydrogen) atoms. The lowest BCUT2D eigenvalue weighted by Gasteiger charge is -2.12. The number of hydrogen-bond donors (Lipinski definition) is 1. The zero-order chi connectivity index (χ0) is 12.7. The molecule has 2 rings (SSSR count). The van der Waals surface area contributed by atoms with Gasteiger partial charge in [0.2, 0.25) is 0 Å². The van der Waals surface area contributed by atoms with Gasteiger partial charge in [-0.05, 0) is 51.8 Å². The maximum Gasteiger partial charge on any atom is 0.106 e. The number of furan rings is 1. The SMILES string of the molecule is Cc1cc(C(N)c2c(C)oc(C)c2C)c(C)s1. The van der Waals surface area contributed by atoms with E-state index in [4.69, 9.17) is 10.2 Å². The highest BCUT2D eigenvalue weighted by Gasteiger charge is 2.21. The molecule has 1 atom stereocenters. The third-order valence-corrected chi connectivity index (χ3v) is 4.32. The molecule has 0 amide bonds. The summed E-state index contributed by atoms with van der Waals surface area (Å²) in [6, 6.07) is 2.11. The highest BCUT2D eigenvalue weighted by atomic mass is 32.1. The summed E-state index contributed by atoms with van der Waals surface area (Å²) in [7, 11) is 0. The third-order valence-electron chi connectivity index (χ3n) is 3.34. The smallest absolute Gasteiger partial charge is 0.106 e. The zero-order valence-electron chi connectivity index (χ0n) is 11.0. The summed E-state index contributed by atoms with van der Waals surface area (Å²) in [5.74, 6) is 1.91. The van der Waals surface area contributed by atoms with Gasteiger partial charge in [-0.25, -0.2) is 0 Å².